The molecule has 3 aromatic rings. The first-order chi connectivity index (χ1) is 16.8. The molecule has 4 rings (SSSR count). The minimum absolute atomic E-state index is 0.0507. The van der Waals surface area contributed by atoms with E-state index in [9.17, 15) is 14.7 Å². The van der Waals surface area contributed by atoms with E-state index in [2.05, 4.69) is 15.9 Å². The fourth-order valence-corrected chi connectivity index (χ4v) is 4.34. The predicted molar refractivity (Wildman–Crippen MR) is 142 cm³/mol. The standard InChI is InChI=1S/C28H27BrN2O4/c1-4-16-35-23-7-5-6-22(17-23)31-25(18-10-14-21(15-11-18)30(2)3)24(27(33)28(31)34)26(32)19-8-12-20(29)13-9-19/h5-15,17,25,32H,4,16H2,1-3H3/b26-24+. The van der Waals surface area contributed by atoms with Crippen LogP contribution in [0.4, 0.5) is 11.4 Å². The van der Waals surface area contributed by atoms with E-state index in [1.807, 2.05) is 56.3 Å². The number of amides is 1. The number of hydrogen-bond donors (Lipinski definition) is 1. The minimum atomic E-state index is -0.795. The van der Waals surface area contributed by atoms with Crippen molar-refractivity contribution >= 4 is 44.8 Å². The molecule has 1 atom stereocenters. The van der Waals surface area contributed by atoms with Gasteiger partial charge in [-0.15, -0.1) is 0 Å². The van der Waals surface area contributed by atoms with Gasteiger partial charge in [-0.25, -0.2) is 0 Å². The summed E-state index contributed by atoms with van der Waals surface area (Å²) in [6.07, 6.45) is 0.847. The first-order valence-electron chi connectivity index (χ1n) is 11.4. The van der Waals surface area contributed by atoms with Crippen molar-refractivity contribution in [1.82, 2.24) is 0 Å². The molecule has 1 saturated heterocycles. The number of halogens is 1. The Balaban J connectivity index is 1.88. The van der Waals surface area contributed by atoms with Gasteiger partial charge in [-0.05, 0) is 48.4 Å². The lowest BCUT2D eigenvalue weighted by molar-refractivity contribution is -0.132. The third-order valence-corrected chi connectivity index (χ3v) is 6.38. The fraction of sp³-hybridized carbons (Fsp3) is 0.214. The monoisotopic (exact) mass is 534 g/mol. The summed E-state index contributed by atoms with van der Waals surface area (Å²) >= 11 is 3.39. The molecule has 35 heavy (non-hydrogen) atoms. The third kappa shape index (κ3) is 4.95. The van der Waals surface area contributed by atoms with Gasteiger partial charge in [0, 0.05) is 41.6 Å². The van der Waals surface area contributed by atoms with Crippen molar-refractivity contribution in [2.75, 3.05) is 30.5 Å². The van der Waals surface area contributed by atoms with Crippen LogP contribution in [-0.4, -0.2) is 37.5 Å². The van der Waals surface area contributed by atoms with Crippen LogP contribution >= 0.6 is 15.9 Å². The number of Topliss-reactive ketones (excluding diaryl/α,β-unsaturated/α-hetero) is 1. The van der Waals surface area contributed by atoms with E-state index in [4.69, 9.17) is 4.74 Å². The Labute approximate surface area is 213 Å². The lowest BCUT2D eigenvalue weighted by Crippen LogP contribution is -2.29. The molecule has 1 fully saturated rings. The van der Waals surface area contributed by atoms with Gasteiger partial charge in [0.05, 0.1) is 18.2 Å². The van der Waals surface area contributed by atoms with Crippen LogP contribution in [0, 0.1) is 0 Å². The second-order valence-corrected chi connectivity index (χ2v) is 9.42. The molecule has 1 aliphatic rings. The molecule has 0 aliphatic carbocycles. The number of aliphatic hydroxyl groups excluding tert-OH is 1. The maximum Gasteiger partial charge on any atom is 0.300 e. The maximum atomic E-state index is 13.4. The number of nitrogens with zero attached hydrogens (tertiary/aromatic N) is 2. The average molecular weight is 535 g/mol. The van der Waals surface area contributed by atoms with Gasteiger partial charge in [0.1, 0.15) is 11.5 Å². The zero-order valence-corrected chi connectivity index (χ0v) is 21.5. The Bertz CT molecular complexity index is 1270. The Hall–Kier alpha value is -3.58. The van der Waals surface area contributed by atoms with Crippen LogP contribution in [0.5, 0.6) is 5.75 Å². The Morgan fingerprint density at radius 2 is 1.71 bits per heavy atom. The smallest absolute Gasteiger partial charge is 0.300 e. The summed E-state index contributed by atoms with van der Waals surface area (Å²) in [4.78, 5) is 30.1. The van der Waals surface area contributed by atoms with Gasteiger partial charge in [-0.2, -0.15) is 0 Å². The van der Waals surface area contributed by atoms with Gasteiger partial charge in [0.2, 0.25) is 0 Å². The summed E-state index contributed by atoms with van der Waals surface area (Å²) < 4.78 is 6.60. The second kappa shape index (κ2) is 10.4. The topological polar surface area (TPSA) is 70.1 Å². The third-order valence-electron chi connectivity index (χ3n) is 5.86. The molecule has 0 radical (unpaired) electrons. The van der Waals surface area contributed by atoms with E-state index in [-0.39, 0.29) is 11.3 Å². The number of anilines is 2. The highest BCUT2D eigenvalue weighted by molar-refractivity contribution is 9.10. The van der Waals surface area contributed by atoms with Gasteiger partial charge in [0.15, 0.2) is 0 Å². The molecule has 1 N–H and O–H groups in total. The van der Waals surface area contributed by atoms with Gasteiger partial charge in [-0.1, -0.05) is 53.2 Å². The molecule has 6 nitrogen and oxygen atoms in total. The summed E-state index contributed by atoms with van der Waals surface area (Å²) in [6, 6.07) is 20.9. The van der Waals surface area contributed by atoms with Crippen LogP contribution in [0.2, 0.25) is 0 Å². The molecule has 7 heteroatoms. The molecule has 1 heterocycles. The number of aliphatic hydroxyl groups is 1. The number of ketones is 1. The first kappa shape index (κ1) is 24.5. The van der Waals surface area contributed by atoms with Crippen LogP contribution < -0.4 is 14.5 Å². The van der Waals surface area contributed by atoms with Crippen molar-refractivity contribution in [3.05, 3.63) is 94.0 Å². The zero-order chi connectivity index (χ0) is 25.1. The SMILES string of the molecule is CCCOc1cccc(N2C(=O)C(=O)/C(=C(/O)c3ccc(Br)cc3)C2c2ccc(N(C)C)cc2)c1. The highest BCUT2D eigenvalue weighted by Gasteiger charge is 2.47. The Morgan fingerprint density at radius 1 is 1.03 bits per heavy atom. The van der Waals surface area contributed by atoms with Crippen LogP contribution in [0.1, 0.15) is 30.5 Å². The van der Waals surface area contributed by atoms with Gasteiger partial charge >= 0.3 is 0 Å². The molecule has 0 spiro atoms. The quantitative estimate of drug-likeness (QED) is 0.231. The molecule has 1 amide bonds. The maximum absolute atomic E-state index is 13.4. The van der Waals surface area contributed by atoms with Crippen molar-refractivity contribution < 1.29 is 19.4 Å². The number of carbonyl (C=O) groups is 2. The molecule has 1 unspecified atom stereocenters. The van der Waals surface area contributed by atoms with Crippen molar-refractivity contribution in [2.45, 2.75) is 19.4 Å². The number of benzene rings is 3. The van der Waals surface area contributed by atoms with Gasteiger partial charge in [0.25, 0.3) is 11.7 Å². The molecular weight excluding hydrogens is 508 g/mol. The second-order valence-electron chi connectivity index (χ2n) is 8.51. The minimum Gasteiger partial charge on any atom is -0.507 e. The van der Waals surface area contributed by atoms with E-state index in [0.29, 0.717) is 29.2 Å². The molecule has 3 aromatic carbocycles. The lowest BCUT2D eigenvalue weighted by atomic mass is 9.95. The molecule has 0 saturated carbocycles. The predicted octanol–water partition coefficient (Wildman–Crippen LogP) is 5.93. The van der Waals surface area contributed by atoms with E-state index in [1.165, 1.54) is 4.90 Å². The summed E-state index contributed by atoms with van der Waals surface area (Å²) in [5.74, 6) is -1.02. The first-order valence-corrected chi connectivity index (χ1v) is 12.2. The number of hydrogen-bond acceptors (Lipinski definition) is 5. The van der Waals surface area contributed by atoms with Crippen molar-refractivity contribution in [1.29, 1.82) is 0 Å². The van der Waals surface area contributed by atoms with E-state index in [1.54, 1.807) is 42.5 Å². The fourth-order valence-electron chi connectivity index (χ4n) is 4.08. The summed E-state index contributed by atoms with van der Waals surface area (Å²) in [6.45, 7) is 2.56. The summed E-state index contributed by atoms with van der Waals surface area (Å²) in [7, 11) is 3.88. The van der Waals surface area contributed by atoms with E-state index >= 15 is 0 Å². The number of carbonyl (C=O) groups excluding carboxylic acids is 2. The van der Waals surface area contributed by atoms with Crippen LogP contribution in [-0.2, 0) is 9.59 Å². The van der Waals surface area contributed by atoms with Gasteiger partial charge in [-0.3, -0.25) is 14.5 Å². The largest absolute Gasteiger partial charge is 0.507 e. The van der Waals surface area contributed by atoms with Crippen molar-refractivity contribution in [3.63, 3.8) is 0 Å². The Kier molecular flexibility index (Phi) is 7.26. The van der Waals surface area contributed by atoms with Gasteiger partial charge < -0.3 is 14.7 Å². The van der Waals surface area contributed by atoms with Crippen molar-refractivity contribution in [2.24, 2.45) is 0 Å². The number of ether oxygens (including phenoxy) is 1. The van der Waals surface area contributed by atoms with E-state index < -0.39 is 17.7 Å². The molecule has 180 valence electrons. The highest BCUT2D eigenvalue weighted by Crippen LogP contribution is 2.43. The number of rotatable bonds is 7. The highest BCUT2D eigenvalue weighted by atomic mass is 79.9. The summed E-state index contributed by atoms with van der Waals surface area (Å²) in [5.41, 5.74) is 2.73. The van der Waals surface area contributed by atoms with E-state index in [0.717, 1.165) is 16.6 Å². The molecule has 0 aromatic heterocycles. The van der Waals surface area contributed by atoms with Crippen molar-refractivity contribution in [3.8, 4) is 5.75 Å². The van der Waals surface area contributed by atoms with Crippen LogP contribution in [0.25, 0.3) is 5.76 Å². The lowest BCUT2D eigenvalue weighted by Gasteiger charge is -2.26. The molecule has 1 aliphatic heterocycles. The Morgan fingerprint density at radius 3 is 2.34 bits per heavy atom. The van der Waals surface area contributed by atoms with Crippen LogP contribution in [0.3, 0.4) is 0 Å². The molecular formula is C28H27BrN2O4. The summed E-state index contributed by atoms with van der Waals surface area (Å²) in [5, 5.41) is 11.2. The molecule has 0 bridgehead atoms. The van der Waals surface area contributed by atoms with Crippen LogP contribution in [0.15, 0.2) is 82.8 Å². The normalized spacial score (nSPS) is 17.0. The zero-order valence-electron chi connectivity index (χ0n) is 19.9. The average Bonchev–Trinajstić information content (AvgIpc) is 3.13.